The van der Waals surface area contributed by atoms with Crippen LogP contribution in [0.5, 0.6) is 0 Å². The summed E-state index contributed by atoms with van der Waals surface area (Å²) < 4.78 is 37.2. The molecule has 0 heterocycles. The largest absolute Gasteiger partial charge is 0.416 e. The monoisotopic (exact) mass is 415 g/mol. The molecule has 0 aliphatic rings. The van der Waals surface area contributed by atoms with Crippen molar-refractivity contribution < 1.29 is 13.2 Å². The maximum Gasteiger partial charge on any atom is 0.416 e. The van der Waals surface area contributed by atoms with E-state index in [2.05, 4.69) is 15.6 Å². The third-order valence-corrected chi connectivity index (χ3v) is 2.64. The van der Waals surface area contributed by atoms with E-state index >= 15 is 0 Å². The highest BCUT2D eigenvalue weighted by Crippen LogP contribution is 2.29. The van der Waals surface area contributed by atoms with Gasteiger partial charge >= 0.3 is 6.18 Å². The quantitative estimate of drug-likeness (QED) is 0.449. The van der Waals surface area contributed by atoms with Crippen molar-refractivity contribution in [3.8, 4) is 0 Å². The molecule has 1 rings (SSSR count). The van der Waals surface area contributed by atoms with E-state index in [9.17, 15) is 13.2 Å². The van der Waals surface area contributed by atoms with Gasteiger partial charge in [-0.25, -0.2) is 0 Å². The van der Waals surface area contributed by atoms with Crippen LogP contribution in [-0.4, -0.2) is 25.6 Å². The van der Waals surface area contributed by atoms with Gasteiger partial charge in [-0.2, -0.15) is 13.2 Å². The lowest BCUT2D eigenvalue weighted by Gasteiger charge is -2.14. The Kier molecular flexibility index (Phi) is 8.68. The van der Waals surface area contributed by atoms with Gasteiger partial charge in [0.05, 0.1) is 5.56 Å². The first-order chi connectivity index (χ1) is 9.32. The van der Waals surface area contributed by atoms with E-state index in [4.69, 9.17) is 0 Å². The van der Waals surface area contributed by atoms with Crippen molar-refractivity contribution in [3.63, 3.8) is 0 Å². The van der Waals surface area contributed by atoms with Crippen LogP contribution in [0, 0.1) is 0 Å². The Morgan fingerprint density at radius 1 is 1.19 bits per heavy atom. The summed E-state index contributed by atoms with van der Waals surface area (Å²) in [4.78, 5) is 4.05. The Bertz CT molecular complexity index is 442. The summed E-state index contributed by atoms with van der Waals surface area (Å²) in [6, 6.07) is 5.49. The topological polar surface area (TPSA) is 36.4 Å². The summed E-state index contributed by atoms with van der Waals surface area (Å²) >= 11 is 0. The van der Waals surface area contributed by atoms with Crippen LogP contribution in [0.3, 0.4) is 0 Å². The average molecular weight is 415 g/mol. The molecule has 1 aromatic rings. The van der Waals surface area contributed by atoms with Crippen LogP contribution in [-0.2, 0) is 12.6 Å². The molecule has 0 fully saturated rings. The Hall–Kier alpha value is -0.990. The van der Waals surface area contributed by atoms with E-state index in [0.717, 1.165) is 17.7 Å². The number of hydrogen-bond acceptors (Lipinski definition) is 1. The molecule has 0 aliphatic heterocycles. The molecule has 2 N–H and O–H groups in total. The van der Waals surface area contributed by atoms with Gasteiger partial charge in [-0.05, 0) is 38.0 Å². The number of aliphatic imine (C=N–C) groups is 1. The second-order valence-electron chi connectivity index (χ2n) is 4.74. The fourth-order valence-electron chi connectivity index (χ4n) is 1.65. The normalized spacial score (nSPS) is 12.0. The summed E-state index contributed by atoms with van der Waals surface area (Å²) in [5, 5.41) is 6.25. The standard InChI is InChI=1S/C14H20F3N3.HI/c1-10(2)20-13(18-3)19-9-8-11-4-6-12(7-5-11)14(15,16)17;/h4-7,10H,8-9H2,1-3H3,(H2,18,19,20);1H. The molecule has 1 aromatic carbocycles. The van der Waals surface area contributed by atoms with Gasteiger partial charge in [0.1, 0.15) is 0 Å². The number of benzene rings is 1. The molecule has 0 aliphatic carbocycles. The van der Waals surface area contributed by atoms with Crippen molar-refractivity contribution in [2.24, 2.45) is 4.99 Å². The van der Waals surface area contributed by atoms with Gasteiger partial charge in [0.2, 0.25) is 0 Å². The molecule has 0 radical (unpaired) electrons. The van der Waals surface area contributed by atoms with E-state index < -0.39 is 11.7 Å². The van der Waals surface area contributed by atoms with E-state index in [1.54, 1.807) is 7.05 Å². The maximum absolute atomic E-state index is 12.4. The average Bonchev–Trinajstić information content (AvgIpc) is 2.36. The number of guanidine groups is 1. The molecule has 0 atom stereocenters. The van der Waals surface area contributed by atoms with Crippen molar-refractivity contribution in [1.29, 1.82) is 0 Å². The number of rotatable bonds is 4. The molecule has 0 aromatic heterocycles. The van der Waals surface area contributed by atoms with Gasteiger partial charge in [-0.3, -0.25) is 4.99 Å². The fourth-order valence-corrected chi connectivity index (χ4v) is 1.65. The summed E-state index contributed by atoms with van der Waals surface area (Å²) in [6.07, 6.45) is -3.64. The van der Waals surface area contributed by atoms with Gasteiger partial charge in [0.25, 0.3) is 0 Å². The first-order valence-corrected chi connectivity index (χ1v) is 6.46. The predicted molar refractivity (Wildman–Crippen MR) is 90.2 cm³/mol. The Balaban J connectivity index is 0.00000400. The van der Waals surface area contributed by atoms with Gasteiger partial charge in [0.15, 0.2) is 5.96 Å². The van der Waals surface area contributed by atoms with Crippen LogP contribution in [0.1, 0.15) is 25.0 Å². The molecule has 0 spiro atoms. The highest BCUT2D eigenvalue weighted by molar-refractivity contribution is 14.0. The lowest BCUT2D eigenvalue weighted by molar-refractivity contribution is -0.137. The minimum absolute atomic E-state index is 0. The number of hydrogen-bond donors (Lipinski definition) is 2. The van der Waals surface area contributed by atoms with Gasteiger partial charge in [-0.1, -0.05) is 12.1 Å². The molecule has 3 nitrogen and oxygen atoms in total. The van der Waals surface area contributed by atoms with Crippen LogP contribution < -0.4 is 10.6 Å². The zero-order valence-electron chi connectivity index (χ0n) is 12.3. The zero-order valence-corrected chi connectivity index (χ0v) is 14.6. The van der Waals surface area contributed by atoms with Crippen molar-refractivity contribution in [1.82, 2.24) is 10.6 Å². The molecule has 21 heavy (non-hydrogen) atoms. The second kappa shape index (κ2) is 9.11. The predicted octanol–water partition coefficient (Wildman–Crippen LogP) is 3.44. The first kappa shape index (κ1) is 20.0. The van der Waals surface area contributed by atoms with Crippen LogP contribution in [0.15, 0.2) is 29.3 Å². The Morgan fingerprint density at radius 2 is 1.76 bits per heavy atom. The van der Waals surface area contributed by atoms with Gasteiger partial charge < -0.3 is 10.6 Å². The van der Waals surface area contributed by atoms with Crippen molar-refractivity contribution >= 4 is 29.9 Å². The molecule has 0 saturated carbocycles. The van der Waals surface area contributed by atoms with Crippen molar-refractivity contribution in [3.05, 3.63) is 35.4 Å². The van der Waals surface area contributed by atoms with Crippen LogP contribution >= 0.6 is 24.0 Å². The van der Waals surface area contributed by atoms with E-state index in [-0.39, 0.29) is 30.0 Å². The molecule has 0 amide bonds. The molecule has 0 bridgehead atoms. The highest BCUT2D eigenvalue weighted by Gasteiger charge is 2.29. The fraction of sp³-hybridized carbons (Fsp3) is 0.500. The van der Waals surface area contributed by atoms with Gasteiger partial charge in [0, 0.05) is 19.6 Å². The van der Waals surface area contributed by atoms with Gasteiger partial charge in [-0.15, -0.1) is 24.0 Å². The number of nitrogens with one attached hydrogen (secondary N) is 2. The zero-order chi connectivity index (χ0) is 15.2. The summed E-state index contributed by atoms with van der Waals surface area (Å²) in [5.74, 6) is 0.687. The Morgan fingerprint density at radius 3 is 2.19 bits per heavy atom. The number of alkyl halides is 3. The number of halogens is 4. The molecule has 120 valence electrons. The molecular formula is C14H21F3IN3. The number of nitrogens with zero attached hydrogens (tertiary/aromatic N) is 1. The lowest BCUT2D eigenvalue weighted by Crippen LogP contribution is -2.41. The van der Waals surface area contributed by atoms with Crippen LogP contribution in [0.4, 0.5) is 13.2 Å². The highest BCUT2D eigenvalue weighted by atomic mass is 127. The summed E-state index contributed by atoms with van der Waals surface area (Å²) in [6.45, 7) is 4.61. The lowest BCUT2D eigenvalue weighted by atomic mass is 10.1. The Labute approximate surface area is 140 Å². The maximum atomic E-state index is 12.4. The summed E-state index contributed by atoms with van der Waals surface area (Å²) in [5.41, 5.74) is 0.233. The van der Waals surface area contributed by atoms with E-state index in [1.165, 1.54) is 12.1 Å². The first-order valence-electron chi connectivity index (χ1n) is 6.46. The second-order valence-corrected chi connectivity index (χ2v) is 4.74. The summed E-state index contributed by atoms with van der Waals surface area (Å²) in [7, 11) is 1.68. The molecular weight excluding hydrogens is 394 g/mol. The minimum Gasteiger partial charge on any atom is -0.356 e. The van der Waals surface area contributed by atoms with Crippen molar-refractivity contribution in [2.45, 2.75) is 32.5 Å². The molecule has 0 unspecified atom stereocenters. The molecule has 7 heteroatoms. The third kappa shape index (κ3) is 7.54. The van der Waals surface area contributed by atoms with Crippen LogP contribution in [0.25, 0.3) is 0 Å². The van der Waals surface area contributed by atoms with Crippen LogP contribution in [0.2, 0.25) is 0 Å². The van der Waals surface area contributed by atoms with E-state index in [0.29, 0.717) is 18.9 Å². The smallest absolute Gasteiger partial charge is 0.356 e. The van der Waals surface area contributed by atoms with E-state index in [1.807, 2.05) is 13.8 Å². The third-order valence-electron chi connectivity index (χ3n) is 2.64. The van der Waals surface area contributed by atoms with Crippen molar-refractivity contribution in [2.75, 3.05) is 13.6 Å². The SMILES string of the molecule is CN=C(NCCc1ccc(C(F)(F)F)cc1)NC(C)C.I. The molecule has 0 saturated heterocycles. The minimum atomic E-state index is -4.28.